The van der Waals surface area contributed by atoms with Crippen molar-refractivity contribution >= 4 is 49.0 Å². The average Bonchev–Trinajstić information content (AvgIpc) is 3.49. The lowest BCUT2D eigenvalue weighted by molar-refractivity contribution is 0.570. The number of fused-ring (bicyclic) bond motifs is 8. The first-order chi connectivity index (χ1) is 15.1. The number of aromatic nitrogens is 2. The summed E-state index contributed by atoms with van der Waals surface area (Å²) in [6, 6.07) is 19.6. The van der Waals surface area contributed by atoms with Crippen molar-refractivity contribution in [2.45, 2.75) is 19.3 Å². The van der Waals surface area contributed by atoms with Crippen LogP contribution in [0.15, 0.2) is 71.5 Å². The molecular formula is C27H19N3O. The topological polar surface area (TPSA) is 48.5 Å². The number of rotatable bonds is 0. The van der Waals surface area contributed by atoms with Gasteiger partial charge in [-0.1, -0.05) is 50.2 Å². The molecule has 0 atom stereocenters. The van der Waals surface area contributed by atoms with Gasteiger partial charge in [-0.3, -0.25) is 4.68 Å². The molecule has 0 spiro atoms. The molecule has 4 nitrogen and oxygen atoms in total. The lowest BCUT2D eigenvalue weighted by atomic mass is 9.85. The van der Waals surface area contributed by atoms with E-state index in [1.54, 1.807) is 0 Å². The highest BCUT2D eigenvalue weighted by Gasteiger charge is 2.41. The number of nitrogens with two attached hydrogens (primary N) is 1. The Morgan fingerprint density at radius 2 is 1.61 bits per heavy atom. The summed E-state index contributed by atoms with van der Waals surface area (Å²) in [5.74, 6) is 6.61. The zero-order chi connectivity index (χ0) is 20.6. The highest BCUT2D eigenvalue weighted by molar-refractivity contribution is 6.31. The van der Waals surface area contributed by atoms with Crippen molar-refractivity contribution in [2.24, 2.45) is 0 Å². The molecule has 31 heavy (non-hydrogen) atoms. The lowest BCUT2D eigenvalue weighted by Crippen LogP contribution is -2.17. The van der Waals surface area contributed by atoms with Crippen molar-refractivity contribution in [2.75, 3.05) is 5.84 Å². The monoisotopic (exact) mass is 401 g/mol. The van der Waals surface area contributed by atoms with Gasteiger partial charge in [0.1, 0.15) is 12.5 Å². The Morgan fingerprint density at radius 1 is 0.774 bits per heavy atom. The zero-order valence-electron chi connectivity index (χ0n) is 17.2. The van der Waals surface area contributed by atoms with Crippen molar-refractivity contribution in [3.8, 4) is 11.1 Å². The van der Waals surface area contributed by atoms with E-state index in [0.29, 0.717) is 0 Å². The zero-order valence-corrected chi connectivity index (χ0v) is 17.2. The van der Waals surface area contributed by atoms with E-state index in [2.05, 4.69) is 72.8 Å². The number of hydrogen-bond acceptors (Lipinski definition) is 2. The van der Waals surface area contributed by atoms with Crippen LogP contribution in [-0.2, 0) is 5.41 Å². The molecule has 0 amide bonds. The van der Waals surface area contributed by atoms with Crippen LogP contribution >= 0.6 is 0 Å². The average molecular weight is 401 g/mol. The van der Waals surface area contributed by atoms with Crippen molar-refractivity contribution in [3.63, 3.8) is 0 Å². The van der Waals surface area contributed by atoms with Gasteiger partial charge in [-0.05, 0) is 34.7 Å². The van der Waals surface area contributed by atoms with Crippen molar-refractivity contribution in [1.29, 1.82) is 0 Å². The minimum Gasteiger partial charge on any atom is -0.470 e. The van der Waals surface area contributed by atoms with Gasteiger partial charge >= 0.3 is 0 Å². The third-order valence-corrected chi connectivity index (χ3v) is 7.56. The molecule has 2 N–H and O–H groups in total. The van der Waals surface area contributed by atoms with Gasteiger partial charge in [0.15, 0.2) is 0 Å². The molecule has 0 unspecified atom stereocenters. The van der Waals surface area contributed by atoms with Gasteiger partial charge in [0.2, 0.25) is 0 Å². The molecule has 7 aromatic rings. The van der Waals surface area contributed by atoms with E-state index in [1.807, 2.05) is 17.2 Å². The van der Waals surface area contributed by atoms with Crippen LogP contribution in [0.1, 0.15) is 25.1 Å². The van der Waals surface area contributed by atoms with E-state index in [9.17, 15) is 0 Å². The Morgan fingerprint density at radius 3 is 2.52 bits per heavy atom. The summed E-state index contributed by atoms with van der Waals surface area (Å²) in [6.45, 7) is 4.66. The second-order valence-electron chi connectivity index (χ2n) is 9.33. The Kier molecular flexibility index (Phi) is 2.40. The number of furan rings is 1. The Bertz CT molecular complexity index is 1880. The van der Waals surface area contributed by atoms with Crippen LogP contribution in [-0.4, -0.2) is 9.08 Å². The number of nitrogens with zero attached hydrogens (tertiary/aromatic N) is 2. The quantitative estimate of drug-likeness (QED) is 0.299. The molecule has 148 valence electrons. The molecule has 3 aromatic carbocycles. The predicted molar refractivity (Wildman–Crippen MR) is 127 cm³/mol. The lowest BCUT2D eigenvalue weighted by Gasteiger charge is -2.22. The molecule has 1 aliphatic carbocycles. The smallest absolute Gasteiger partial charge is 0.115 e. The van der Waals surface area contributed by atoms with Crippen LogP contribution in [0, 0.1) is 0 Å². The molecule has 4 aromatic heterocycles. The standard InChI is InChI=1S/C27H19N3O/c1-27(2)18-8-4-3-6-15(18)22-16-10-11-20-24-23-14(7-5-9-19(23)30(20)28)17-12-31-13-21(17)29(25(16)24)26(22)27/h3-13H,28H2,1-2H3. The normalized spacial score (nSPS) is 15.2. The third kappa shape index (κ3) is 1.51. The van der Waals surface area contributed by atoms with Crippen LogP contribution in [0.25, 0.3) is 60.1 Å². The van der Waals surface area contributed by atoms with Gasteiger partial charge in [0.25, 0.3) is 0 Å². The summed E-state index contributed by atoms with van der Waals surface area (Å²) in [4.78, 5) is 0. The van der Waals surface area contributed by atoms with Crippen LogP contribution in [0.5, 0.6) is 0 Å². The second kappa shape index (κ2) is 4.70. The summed E-state index contributed by atoms with van der Waals surface area (Å²) in [6.07, 6.45) is 3.77. The number of benzene rings is 3. The van der Waals surface area contributed by atoms with Crippen LogP contribution in [0.4, 0.5) is 0 Å². The van der Waals surface area contributed by atoms with E-state index in [4.69, 9.17) is 10.3 Å². The van der Waals surface area contributed by atoms with E-state index in [-0.39, 0.29) is 5.41 Å². The largest absolute Gasteiger partial charge is 0.470 e. The predicted octanol–water partition coefficient (Wildman–Crippen LogP) is 6.40. The van der Waals surface area contributed by atoms with Gasteiger partial charge in [-0.2, -0.15) is 0 Å². The first-order valence-electron chi connectivity index (χ1n) is 10.7. The maximum absolute atomic E-state index is 6.61. The highest BCUT2D eigenvalue weighted by Crippen LogP contribution is 2.55. The van der Waals surface area contributed by atoms with Gasteiger partial charge in [0.05, 0.1) is 22.1 Å². The summed E-state index contributed by atoms with van der Waals surface area (Å²) in [5.41, 5.74) is 9.66. The second-order valence-corrected chi connectivity index (χ2v) is 9.33. The first kappa shape index (κ1) is 15.9. The third-order valence-electron chi connectivity index (χ3n) is 7.56. The van der Waals surface area contributed by atoms with E-state index in [1.165, 1.54) is 49.4 Å². The molecule has 1 aliphatic rings. The fourth-order valence-corrected chi connectivity index (χ4v) is 6.31. The van der Waals surface area contributed by atoms with Crippen molar-refractivity contribution in [1.82, 2.24) is 9.08 Å². The Labute approximate surface area is 177 Å². The molecule has 8 rings (SSSR count). The number of nitrogen functional groups attached to an aromatic ring is 1. The fraction of sp³-hybridized carbons (Fsp3) is 0.111. The van der Waals surface area contributed by atoms with E-state index < -0.39 is 0 Å². The SMILES string of the molecule is CC1(C)c2ccccc2-c2c1n1c3cocc3c3cccc4c3c3c(ccc2c31)n4N. The summed E-state index contributed by atoms with van der Waals surface area (Å²) >= 11 is 0. The molecular weight excluding hydrogens is 382 g/mol. The molecule has 0 fully saturated rings. The van der Waals surface area contributed by atoms with Gasteiger partial charge in [-0.25, -0.2) is 0 Å². The summed E-state index contributed by atoms with van der Waals surface area (Å²) in [5, 5.41) is 5.99. The van der Waals surface area contributed by atoms with E-state index >= 15 is 0 Å². The molecule has 0 saturated carbocycles. The van der Waals surface area contributed by atoms with Crippen LogP contribution in [0.2, 0.25) is 0 Å². The Hall–Kier alpha value is -3.92. The minimum atomic E-state index is -0.132. The highest BCUT2D eigenvalue weighted by atomic mass is 16.3. The molecule has 0 aliphatic heterocycles. The molecule has 4 heterocycles. The van der Waals surface area contributed by atoms with Gasteiger partial charge in [0, 0.05) is 38.2 Å². The van der Waals surface area contributed by atoms with Crippen LogP contribution in [0.3, 0.4) is 0 Å². The molecule has 4 heteroatoms. The first-order valence-corrected chi connectivity index (χ1v) is 10.7. The van der Waals surface area contributed by atoms with Gasteiger partial charge in [-0.15, -0.1) is 0 Å². The van der Waals surface area contributed by atoms with Gasteiger partial charge < -0.3 is 14.7 Å². The molecule has 0 saturated heterocycles. The molecule has 0 bridgehead atoms. The maximum Gasteiger partial charge on any atom is 0.115 e. The summed E-state index contributed by atoms with van der Waals surface area (Å²) in [7, 11) is 0. The van der Waals surface area contributed by atoms with Crippen molar-refractivity contribution in [3.05, 3.63) is 78.4 Å². The number of hydrogen-bond donors (Lipinski definition) is 1. The summed E-state index contributed by atoms with van der Waals surface area (Å²) < 4.78 is 10.1. The van der Waals surface area contributed by atoms with Crippen LogP contribution < -0.4 is 5.84 Å². The van der Waals surface area contributed by atoms with Crippen molar-refractivity contribution < 1.29 is 4.42 Å². The van der Waals surface area contributed by atoms with E-state index in [0.717, 1.165) is 21.9 Å². The Balaban J connectivity index is 1.83. The minimum absolute atomic E-state index is 0.132. The molecule has 0 radical (unpaired) electrons. The fourth-order valence-electron chi connectivity index (χ4n) is 6.31. The maximum atomic E-state index is 6.61.